The number of rotatable bonds is 18. The molecular weight excluding hydrogens is 739 g/mol. The molecule has 2 N–H and O–H groups in total. The molecule has 6 aromatic rings. The van der Waals surface area contributed by atoms with Gasteiger partial charge < -0.3 is 29.9 Å². The van der Waals surface area contributed by atoms with E-state index < -0.39 is 0 Å². The molecule has 0 bridgehead atoms. The fourth-order valence-corrected chi connectivity index (χ4v) is 7.65. The van der Waals surface area contributed by atoms with Crippen molar-refractivity contribution in [3.05, 3.63) is 82.8 Å². The fourth-order valence-electron chi connectivity index (χ4n) is 7.32. The summed E-state index contributed by atoms with van der Waals surface area (Å²) < 4.78 is 10.9. The highest BCUT2D eigenvalue weighted by Gasteiger charge is 2.15. The minimum Gasteiger partial charge on any atom is -0.497 e. The summed E-state index contributed by atoms with van der Waals surface area (Å²) in [4.78, 5) is 14.5. The van der Waals surface area contributed by atoms with Gasteiger partial charge in [0, 0.05) is 43.7 Å². The Morgan fingerprint density at radius 1 is 0.536 bits per heavy atom. The molecule has 4 aromatic carbocycles. The Labute approximate surface area is 343 Å². The largest absolute Gasteiger partial charge is 0.497 e. The van der Waals surface area contributed by atoms with Crippen LogP contribution in [0.2, 0.25) is 10.0 Å². The lowest BCUT2D eigenvalue weighted by Gasteiger charge is -2.22. The van der Waals surface area contributed by atoms with Crippen molar-refractivity contribution in [3.63, 3.8) is 0 Å². The lowest BCUT2D eigenvalue weighted by molar-refractivity contribution is 0.295. The van der Waals surface area contributed by atoms with E-state index in [4.69, 9.17) is 42.6 Å². The zero-order valence-corrected chi connectivity index (χ0v) is 36.0. The van der Waals surface area contributed by atoms with Gasteiger partial charge >= 0.3 is 0 Å². The minimum atomic E-state index is 0.353. The molecule has 2 heterocycles. The number of methoxy groups -OCH3 is 2. The molecule has 56 heavy (non-hydrogen) atoms. The standard InChI is InChI=1S/2C23H30ClN3O/c2*1-5-27(6-2)13-7-8-16(3)25-23-19-11-9-17(24)14-22(19)26-21-12-10-18(28-4)15-20(21)23/h2*9-12,14-16H,5-8,13H2,1-4H3,(H,25,26). The van der Waals surface area contributed by atoms with Gasteiger partial charge in [0.05, 0.1) is 47.7 Å². The minimum absolute atomic E-state index is 0.353. The van der Waals surface area contributed by atoms with Crippen molar-refractivity contribution in [2.24, 2.45) is 0 Å². The predicted octanol–water partition coefficient (Wildman–Crippen LogP) is 11.9. The second-order valence-electron chi connectivity index (χ2n) is 14.5. The second kappa shape index (κ2) is 20.9. The molecule has 0 saturated carbocycles. The van der Waals surface area contributed by atoms with Crippen molar-refractivity contribution in [2.75, 3.05) is 64.1 Å². The number of hydrogen-bond acceptors (Lipinski definition) is 8. The van der Waals surface area contributed by atoms with Crippen molar-refractivity contribution in [1.29, 1.82) is 0 Å². The van der Waals surface area contributed by atoms with Crippen molar-refractivity contribution >= 4 is 78.2 Å². The predicted molar refractivity (Wildman–Crippen MR) is 242 cm³/mol. The Kier molecular flexibility index (Phi) is 16.1. The van der Waals surface area contributed by atoms with Crippen LogP contribution in [-0.4, -0.2) is 85.3 Å². The molecule has 0 radical (unpaired) electrons. The molecular formula is C46H60Cl2N6O2. The zero-order valence-electron chi connectivity index (χ0n) is 34.5. The Balaban J connectivity index is 0.000000214. The van der Waals surface area contributed by atoms with Gasteiger partial charge in [-0.3, -0.25) is 0 Å². The lowest BCUT2D eigenvalue weighted by Crippen LogP contribution is -2.25. The van der Waals surface area contributed by atoms with Crippen molar-refractivity contribution < 1.29 is 9.47 Å². The van der Waals surface area contributed by atoms with Crippen LogP contribution in [0.4, 0.5) is 11.4 Å². The number of aromatic nitrogens is 2. The highest BCUT2D eigenvalue weighted by molar-refractivity contribution is 6.32. The summed E-state index contributed by atoms with van der Waals surface area (Å²) in [6.07, 6.45) is 4.57. The third-order valence-electron chi connectivity index (χ3n) is 10.7. The highest BCUT2D eigenvalue weighted by atomic mass is 35.5. The van der Waals surface area contributed by atoms with Gasteiger partial charge in [-0.25, -0.2) is 9.97 Å². The molecule has 0 amide bonds. The highest BCUT2D eigenvalue weighted by Crippen LogP contribution is 2.36. The Morgan fingerprint density at radius 3 is 1.29 bits per heavy atom. The van der Waals surface area contributed by atoms with Gasteiger partial charge in [0.1, 0.15) is 11.5 Å². The summed E-state index contributed by atoms with van der Waals surface area (Å²) >= 11 is 12.4. The van der Waals surface area contributed by atoms with E-state index in [1.807, 2.05) is 48.5 Å². The maximum atomic E-state index is 6.22. The average Bonchev–Trinajstić information content (AvgIpc) is 3.20. The maximum Gasteiger partial charge on any atom is 0.119 e. The van der Waals surface area contributed by atoms with Crippen LogP contribution in [0, 0.1) is 0 Å². The van der Waals surface area contributed by atoms with Gasteiger partial charge in [0.25, 0.3) is 0 Å². The van der Waals surface area contributed by atoms with E-state index in [-0.39, 0.29) is 0 Å². The van der Waals surface area contributed by atoms with Crippen molar-refractivity contribution in [1.82, 2.24) is 19.8 Å². The molecule has 300 valence electrons. The van der Waals surface area contributed by atoms with Crippen LogP contribution in [0.3, 0.4) is 0 Å². The van der Waals surface area contributed by atoms with Gasteiger partial charge in [-0.1, -0.05) is 50.9 Å². The molecule has 0 aliphatic rings. The van der Waals surface area contributed by atoms with E-state index in [0.717, 1.165) is 119 Å². The van der Waals surface area contributed by atoms with Crippen LogP contribution >= 0.6 is 23.2 Å². The molecule has 2 atom stereocenters. The first kappa shape index (κ1) is 43.1. The molecule has 0 fully saturated rings. The van der Waals surface area contributed by atoms with Crippen LogP contribution < -0.4 is 20.1 Å². The van der Waals surface area contributed by atoms with E-state index in [2.05, 4.69) is 86.2 Å². The molecule has 0 aliphatic heterocycles. The number of anilines is 2. The van der Waals surface area contributed by atoms with Crippen LogP contribution in [0.5, 0.6) is 11.5 Å². The first-order valence-electron chi connectivity index (χ1n) is 20.2. The smallest absolute Gasteiger partial charge is 0.119 e. The van der Waals surface area contributed by atoms with Crippen LogP contribution in [0.1, 0.15) is 67.2 Å². The molecule has 0 aliphatic carbocycles. The number of halogens is 2. The average molecular weight is 800 g/mol. The monoisotopic (exact) mass is 798 g/mol. The van der Waals surface area contributed by atoms with Crippen LogP contribution in [-0.2, 0) is 0 Å². The molecule has 6 rings (SSSR count). The maximum absolute atomic E-state index is 6.22. The van der Waals surface area contributed by atoms with Crippen molar-refractivity contribution in [2.45, 2.75) is 79.3 Å². The van der Waals surface area contributed by atoms with E-state index in [1.54, 1.807) is 14.2 Å². The summed E-state index contributed by atoms with van der Waals surface area (Å²) in [5.74, 6) is 1.67. The molecule has 8 nitrogen and oxygen atoms in total. The third kappa shape index (κ3) is 11.1. The molecule has 10 heteroatoms. The quantitative estimate of drug-likeness (QED) is 0.0833. The van der Waals surface area contributed by atoms with Gasteiger partial charge in [0.2, 0.25) is 0 Å². The summed E-state index contributed by atoms with van der Waals surface area (Å²) in [5, 5.41) is 13.2. The number of benzene rings is 4. The van der Waals surface area contributed by atoms with E-state index in [1.165, 1.54) is 12.8 Å². The Bertz CT molecular complexity index is 2030. The summed E-state index contributed by atoms with van der Waals surface area (Å²) in [5.41, 5.74) is 5.89. The number of nitrogens with zero attached hydrogens (tertiary/aromatic N) is 4. The summed E-state index contributed by atoms with van der Waals surface area (Å²) in [6, 6.07) is 24.5. The fraction of sp³-hybridized carbons (Fsp3) is 0.435. The Hall–Kier alpha value is -4.08. The third-order valence-corrected chi connectivity index (χ3v) is 11.1. The molecule has 2 aromatic heterocycles. The first-order chi connectivity index (χ1) is 27.1. The van der Waals surface area contributed by atoms with E-state index >= 15 is 0 Å². The lowest BCUT2D eigenvalue weighted by atomic mass is 10.1. The second-order valence-corrected chi connectivity index (χ2v) is 15.4. The normalized spacial score (nSPS) is 12.6. The number of hydrogen-bond donors (Lipinski definition) is 2. The van der Waals surface area contributed by atoms with E-state index in [0.29, 0.717) is 22.1 Å². The number of pyridine rings is 2. The van der Waals surface area contributed by atoms with Gasteiger partial charge in [0.15, 0.2) is 0 Å². The van der Waals surface area contributed by atoms with Crippen molar-refractivity contribution in [3.8, 4) is 11.5 Å². The van der Waals surface area contributed by atoms with Crippen LogP contribution in [0.25, 0.3) is 43.6 Å². The van der Waals surface area contributed by atoms with Gasteiger partial charge in [-0.05, 0) is 152 Å². The zero-order chi connectivity index (χ0) is 40.2. The molecule has 0 spiro atoms. The Morgan fingerprint density at radius 2 is 0.929 bits per heavy atom. The SMILES string of the molecule is CCN(CC)CCCC(C)Nc1c2ccc(Cl)cc2nc2ccc(OC)cc12.CCN(CC)CCCC(C)Nc1c2ccc(Cl)cc2nc2ccc(OC)cc12. The molecule has 0 saturated heterocycles. The molecule has 2 unspecified atom stereocenters. The number of ether oxygens (including phenoxy) is 2. The number of nitrogens with one attached hydrogen (secondary N) is 2. The first-order valence-corrected chi connectivity index (χ1v) is 21.0. The van der Waals surface area contributed by atoms with Crippen LogP contribution in [0.15, 0.2) is 72.8 Å². The summed E-state index contributed by atoms with van der Waals surface area (Å²) in [7, 11) is 3.39. The van der Waals surface area contributed by atoms with Gasteiger partial charge in [-0.15, -0.1) is 0 Å². The van der Waals surface area contributed by atoms with Gasteiger partial charge in [-0.2, -0.15) is 0 Å². The topological polar surface area (TPSA) is 74.8 Å². The summed E-state index contributed by atoms with van der Waals surface area (Å²) in [6.45, 7) is 20.1. The number of fused-ring (bicyclic) bond motifs is 4. The van der Waals surface area contributed by atoms with E-state index in [9.17, 15) is 0 Å².